The maximum absolute atomic E-state index is 12.5. The zero-order valence-electron chi connectivity index (χ0n) is 16.7. The third-order valence-corrected chi connectivity index (χ3v) is 5.48. The molecule has 29 heavy (non-hydrogen) atoms. The molecule has 1 aromatic heterocycles. The lowest BCUT2D eigenvalue weighted by molar-refractivity contribution is 0.0958. The Morgan fingerprint density at radius 2 is 2.00 bits per heavy atom. The van der Waals surface area contributed by atoms with Gasteiger partial charge >= 0.3 is 0 Å². The normalized spacial score (nSPS) is 11.0. The summed E-state index contributed by atoms with van der Waals surface area (Å²) in [5.74, 6) is 0.549. The lowest BCUT2D eigenvalue weighted by Gasteiger charge is -2.06. The number of benzene rings is 2. The highest BCUT2D eigenvalue weighted by Crippen LogP contribution is 2.27. The number of hydrazone groups is 1. The van der Waals surface area contributed by atoms with Crippen LogP contribution in [0.1, 0.15) is 47.1 Å². The number of ether oxygens (including phenoxy) is 1. The fourth-order valence-electron chi connectivity index (χ4n) is 2.75. The molecule has 0 spiro atoms. The Morgan fingerprint density at radius 1 is 1.17 bits per heavy atom. The second-order valence-electron chi connectivity index (χ2n) is 6.63. The molecule has 0 saturated carbocycles. The van der Waals surface area contributed by atoms with E-state index in [9.17, 15) is 4.79 Å². The number of carbonyl (C=O) groups is 1. The molecule has 0 fully saturated rings. The number of thiazole rings is 1. The van der Waals surface area contributed by atoms with Crippen LogP contribution in [0.4, 0.5) is 0 Å². The van der Waals surface area contributed by atoms with Crippen LogP contribution in [0.5, 0.6) is 5.75 Å². The number of rotatable bonds is 9. The molecule has 0 aliphatic heterocycles. The van der Waals surface area contributed by atoms with Crippen LogP contribution < -0.4 is 10.2 Å². The van der Waals surface area contributed by atoms with Gasteiger partial charge in [-0.15, -0.1) is 11.3 Å². The van der Waals surface area contributed by atoms with Gasteiger partial charge < -0.3 is 4.74 Å². The van der Waals surface area contributed by atoms with E-state index >= 15 is 0 Å². The topological polar surface area (TPSA) is 63.6 Å². The van der Waals surface area contributed by atoms with Gasteiger partial charge in [0, 0.05) is 5.56 Å². The molecule has 0 saturated heterocycles. The minimum absolute atomic E-state index is 0.259. The van der Waals surface area contributed by atoms with Crippen LogP contribution in [0.25, 0.3) is 10.6 Å². The molecule has 6 heteroatoms. The van der Waals surface area contributed by atoms with Gasteiger partial charge in [0.1, 0.15) is 15.6 Å². The average molecular weight is 408 g/mol. The lowest BCUT2D eigenvalue weighted by Crippen LogP contribution is -2.17. The van der Waals surface area contributed by atoms with E-state index in [1.165, 1.54) is 17.8 Å². The van der Waals surface area contributed by atoms with Crippen molar-refractivity contribution >= 4 is 23.5 Å². The maximum atomic E-state index is 12.5. The molecular weight excluding hydrogens is 382 g/mol. The number of hydrogen-bond donors (Lipinski definition) is 1. The Hall–Kier alpha value is -2.99. The Bertz CT molecular complexity index is 967. The standard InChI is InChI=1S/C23H25N3O2S/c1-3-4-8-14-28-20-13-9-10-18(15-20)16-24-26-22(27)21-17(2)25-23(29-21)19-11-6-5-7-12-19/h5-7,9-13,15-16H,3-4,8,14H2,1-2H3,(H,26,27)/b24-16+. The van der Waals surface area contributed by atoms with Gasteiger partial charge in [-0.1, -0.05) is 62.2 Å². The van der Waals surface area contributed by atoms with E-state index in [0.29, 0.717) is 17.2 Å². The highest BCUT2D eigenvalue weighted by molar-refractivity contribution is 7.17. The predicted octanol–water partition coefficient (Wildman–Crippen LogP) is 5.45. The molecule has 1 N–H and O–H groups in total. The minimum Gasteiger partial charge on any atom is -0.494 e. The lowest BCUT2D eigenvalue weighted by atomic mass is 10.2. The summed E-state index contributed by atoms with van der Waals surface area (Å²) in [5, 5.41) is 4.91. The SMILES string of the molecule is CCCCCOc1cccc(/C=N/NC(=O)c2sc(-c3ccccc3)nc2C)c1. The van der Waals surface area contributed by atoms with Crippen molar-refractivity contribution in [3.05, 3.63) is 70.7 Å². The van der Waals surface area contributed by atoms with E-state index in [1.807, 2.05) is 61.5 Å². The molecule has 1 amide bonds. The van der Waals surface area contributed by atoms with Gasteiger partial charge in [0.05, 0.1) is 18.5 Å². The van der Waals surface area contributed by atoms with Crippen LogP contribution in [-0.2, 0) is 0 Å². The summed E-state index contributed by atoms with van der Waals surface area (Å²) in [6, 6.07) is 17.5. The van der Waals surface area contributed by atoms with Crippen molar-refractivity contribution in [2.45, 2.75) is 33.1 Å². The first-order chi connectivity index (χ1) is 14.2. The van der Waals surface area contributed by atoms with Crippen LogP contribution in [0.2, 0.25) is 0 Å². The van der Waals surface area contributed by atoms with Gasteiger partial charge in [-0.05, 0) is 31.0 Å². The Morgan fingerprint density at radius 3 is 2.79 bits per heavy atom. The van der Waals surface area contributed by atoms with Crippen LogP contribution in [0.15, 0.2) is 59.7 Å². The summed E-state index contributed by atoms with van der Waals surface area (Å²) in [5.41, 5.74) is 5.15. The van der Waals surface area contributed by atoms with Gasteiger partial charge in [0.25, 0.3) is 5.91 Å². The van der Waals surface area contributed by atoms with Crippen molar-refractivity contribution in [1.82, 2.24) is 10.4 Å². The van der Waals surface area contributed by atoms with E-state index in [2.05, 4.69) is 22.4 Å². The number of aromatic nitrogens is 1. The third-order valence-electron chi connectivity index (χ3n) is 4.28. The first kappa shape index (κ1) is 20.7. The van der Waals surface area contributed by atoms with Gasteiger partial charge in [-0.25, -0.2) is 10.4 Å². The molecule has 0 atom stereocenters. The molecule has 1 heterocycles. The Kier molecular flexibility index (Phi) is 7.53. The molecule has 0 radical (unpaired) electrons. The van der Waals surface area contributed by atoms with E-state index in [4.69, 9.17) is 4.74 Å². The fourth-order valence-corrected chi connectivity index (χ4v) is 3.72. The molecule has 0 bridgehead atoms. The van der Waals surface area contributed by atoms with Crippen molar-refractivity contribution in [2.24, 2.45) is 5.10 Å². The summed E-state index contributed by atoms with van der Waals surface area (Å²) in [6.45, 7) is 4.71. The quantitative estimate of drug-likeness (QED) is 0.291. The molecule has 0 aliphatic carbocycles. The van der Waals surface area contributed by atoms with Crippen molar-refractivity contribution in [1.29, 1.82) is 0 Å². The van der Waals surface area contributed by atoms with Crippen molar-refractivity contribution in [2.75, 3.05) is 6.61 Å². The average Bonchev–Trinajstić information content (AvgIpc) is 3.14. The van der Waals surface area contributed by atoms with Gasteiger partial charge in [0.15, 0.2) is 0 Å². The number of hydrogen-bond acceptors (Lipinski definition) is 5. The van der Waals surface area contributed by atoms with Crippen LogP contribution in [0.3, 0.4) is 0 Å². The summed E-state index contributed by atoms with van der Waals surface area (Å²) < 4.78 is 5.75. The number of carbonyl (C=O) groups excluding carboxylic acids is 1. The highest BCUT2D eigenvalue weighted by Gasteiger charge is 2.15. The van der Waals surface area contributed by atoms with E-state index < -0.39 is 0 Å². The summed E-state index contributed by atoms with van der Waals surface area (Å²) in [7, 11) is 0. The number of amides is 1. The zero-order chi connectivity index (χ0) is 20.5. The fraction of sp³-hybridized carbons (Fsp3) is 0.261. The first-order valence-electron chi connectivity index (χ1n) is 9.76. The van der Waals surface area contributed by atoms with Gasteiger partial charge in [0.2, 0.25) is 0 Å². The first-order valence-corrected chi connectivity index (χ1v) is 10.6. The monoisotopic (exact) mass is 407 g/mol. The predicted molar refractivity (Wildman–Crippen MR) is 119 cm³/mol. The molecule has 2 aromatic carbocycles. The van der Waals surface area contributed by atoms with Gasteiger partial charge in [-0.3, -0.25) is 4.79 Å². The Labute approximate surface area is 175 Å². The van der Waals surface area contributed by atoms with Crippen LogP contribution >= 0.6 is 11.3 Å². The second kappa shape index (κ2) is 10.5. The smallest absolute Gasteiger partial charge is 0.283 e. The molecule has 0 unspecified atom stereocenters. The molecule has 3 aromatic rings. The van der Waals surface area contributed by atoms with E-state index in [1.54, 1.807) is 6.21 Å². The second-order valence-corrected chi connectivity index (χ2v) is 7.63. The molecule has 150 valence electrons. The zero-order valence-corrected chi connectivity index (χ0v) is 17.5. The van der Waals surface area contributed by atoms with Crippen molar-refractivity contribution < 1.29 is 9.53 Å². The Balaban J connectivity index is 1.59. The number of nitrogens with one attached hydrogen (secondary N) is 1. The number of unbranched alkanes of at least 4 members (excludes halogenated alkanes) is 2. The number of nitrogens with zero attached hydrogens (tertiary/aromatic N) is 2. The molecular formula is C23H25N3O2S. The maximum Gasteiger partial charge on any atom is 0.283 e. The highest BCUT2D eigenvalue weighted by atomic mass is 32.1. The summed E-state index contributed by atoms with van der Waals surface area (Å²) in [4.78, 5) is 17.6. The van der Waals surface area contributed by atoms with E-state index in [-0.39, 0.29) is 5.91 Å². The molecule has 0 aliphatic rings. The van der Waals surface area contributed by atoms with E-state index in [0.717, 1.165) is 34.7 Å². The van der Waals surface area contributed by atoms with Crippen LogP contribution in [0, 0.1) is 6.92 Å². The van der Waals surface area contributed by atoms with Crippen molar-refractivity contribution in [3.63, 3.8) is 0 Å². The van der Waals surface area contributed by atoms with Crippen molar-refractivity contribution in [3.8, 4) is 16.3 Å². The largest absolute Gasteiger partial charge is 0.494 e. The summed E-state index contributed by atoms with van der Waals surface area (Å²) in [6.07, 6.45) is 4.99. The van der Waals surface area contributed by atoms with Gasteiger partial charge in [-0.2, -0.15) is 5.10 Å². The molecule has 5 nitrogen and oxygen atoms in total. The number of aryl methyl sites for hydroxylation is 1. The molecule has 3 rings (SSSR count). The summed E-state index contributed by atoms with van der Waals surface area (Å²) >= 11 is 1.37. The van der Waals surface area contributed by atoms with Crippen LogP contribution in [-0.4, -0.2) is 23.7 Å². The third kappa shape index (κ3) is 5.99. The minimum atomic E-state index is -0.259.